The van der Waals surface area contributed by atoms with Crippen LogP contribution >= 0.6 is 0 Å². The van der Waals surface area contributed by atoms with Crippen LogP contribution in [0, 0.1) is 0 Å². The summed E-state index contributed by atoms with van der Waals surface area (Å²) in [4.78, 5) is 22.0. The number of anilines is 1. The van der Waals surface area contributed by atoms with Crippen molar-refractivity contribution in [1.29, 1.82) is 0 Å². The lowest BCUT2D eigenvalue weighted by Gasteiger charge is -2.08. The van der Waals surface area contributed by atoms with Gasteiger partial charge in [-0.2, -0.15) is 18.2 Å². The maximum Gasteiger partial charge on any atom is 0.416 e. The number of amides is 1. The number of H-pyrrole nitrogens is 1. The zero-order valence-electron chi connectivity index (χ0n) is 12.7. The molecule has 2 heterocycles. The Morgan fingerprint density at radius 2 is 1.92 bits per heavy atom. The topological polar surface area (TPSA) is 89.1 Å². The summed E-state index contributed by atoms with van der Waals surface area (Å²) in [6.45, 7) is 0. The van der Waals surface area contributed by atoms with Crippen LogP contribution in [-0.4, -0.2) is 28.2 Å². The van der Waals surface area contributed by atoms with E-state index in [1.54, 1.807) is 6.07 Å². The van der Waals surface area contributed by atoms with E-state index < -0.39 is 17.8 Å². The largest absolute Gasteiger partial charge is 0.456 e. The summed E-state index contributed by atoms with van der Waals surface area (Å²) in [6, 6.07) is 5.83. The van der Waals surface area contributed by atoms with Crippen molar-refractivity contribution in [2.75, 3.05) is 12.4 Å². The monoisotopic (exact) mass is 352 g/mol. The minimum atomic E-state index is -4.40. The maximum absolute atomic E-state index is 12.5. The Hall–Kier alpha value is -3.30. The Labute approximate surface area is 138 Å². The van der Waals surface area contributed by atoms with Crippen LogP contribution in [0.25, 0.3) is 11.2 Å². The normalized spacial score (nSPS) is 11.4. The standard InChI is InChI=1S/C15H11F3N4O3/c1-24-14(23)22-13-20-11-6-10(7-19-12(11)21-13)25-9-4-2-8(3-5-9)15(16,17)18/h2-7H,1H3,(H2,19,20,21,22,23). The number of aromatic nitrogens is 3. The molecule has 7 nitrogen and oxygen atoms in total. The fourth-order valence-electron chi connectivity index (χ4n) is 1.99. The molecule has 0 unspecified atom stereocenters. The van der Waals surface area contributed by atoms with Gasteiger partial charge in [-0.1, -0.05) is 0 Å². The molecule has 0 radical (unpaired) electrons. The molecule has 0 aliphatic carbocycles. The molecule has 0 aliphatic heterocycles. The van der Waals surface area contributed by atoms with Gasteiger partial charge in [-0.3, -0.25) is 5.32 Å². The number of carbonyl (C=O) groups is 1. The van der Waals surface area contributed by atoms with Crippen LogP contribution in [0.3, 0.4) is 0 Å². The van der Waals surface area contributed by atoms with Crippen molar-refractivity contribution in [3.05, 3.63) is 42.1 Å². The zero-order valence-corrected chi connectivity index (χ0v) is 12.7. The average Bonchev–Trinajstić information content (AvgIpc) is 2.95. The van der Waals surface area contributed by atoms with Crippen LogP contribution in [0.1, 0.15) is 5.56 Å². The number of aromatic amines is 1. The van der Waals surface area contributed by atoms with Crippen molar-refractivity contribution in [2.24, 2.45) is 0 Å². The Morgan fingerprint density at radius 3 is 2.56 bits per heavy atom. The van der Waals surface area contributed by atoms with Gasteiger partial charge in [-0.05, 0) is 24.3 Å². The molecule has 3 rings (SSSR count). The quantitative estimate of drug-likeness (QED) is 0.745. The van der Waals surface area contributed by atoms with Crippen molar-refractivity contribution in [3.8, 4) is 11.5 Å². The number of benzene rings is 1. The molecular formula is C15H11F3N4O3. The first-order valence-corrected chi connectivity index (χ1v) is 6.91. The van der Waals surface area contributed by atoms with E-state index in [1.807, 2.05) is 0 Å². The van der Waals surface area contributed by atoms with E-state index >= 15 is 0 Å². The van der Waals surface area contributed by atoms with Gasteiger partial charge in [0.15, 0.2) is 5.65 Å². The second kappa shape index (κ2) is 6.30. The van der Waals surface area contributed by atoms with Gasteiger partial charge in [0.25, 0.3) is 0 Å². The molecular weight excluding hydrogens is 341 g/mol. The number of rotatable bonds is 3. The van der Waals surface area contributed by atoms with Gasteiger partial charge in [-0.15, -0.1) is 0 Å². The van der Waals surface area contributed by atoms with Gasteiger partial charge >= 0.3 is 12.3 Å². The lowest BCUT2D eigenvalue weighted by Crippen LogP contribution is -2.11. The fraction of sp³-hybridized carbons (Fsp3) is 0.133. The summed E-state index contributed by atoms with van der Waals surface area (Å²) < 4.78 is 47.5. The first kappa shape index (κ1) is 16.6. The van der Waals surface area contributed by atoms with Gasteiger partial charge in [0.2, 0.25) is 5.95 Å². The van der Waals surface area contributed by atoms with E-state index in [9.17, 15) is 18.0 Å². The zero-order chi connectivity index (χ0) is 18.0. The number of hydrogen-bond acceptors (Lipinski definition) is 5. The number of nitrogens with one attached hydrogen (secondary N) is 2. The summed E-state index contributed by atoms with van der Waals surface area (Å²) in [6.07, 6.45) is -3.74. The predicted molar refractivity (Wildman–Crippen MR) is 81.4 cm³/mol. The molecule has 0 atom stereocenters. The summed E-state index contributed by atoms with van der Waals surface area (Å²) in [5, 5.41) is 2.36. The van der Waals surface area contributed by atoms with Crippen molar-refractivity contribution in [3.63, 3.8) is 0 Å². The number of fused-ring (bicyclic) bond motifs is 1. The van der Waals surface area contributed by atoms with E-state index in [0.717, 1.165) is 12.1 Å². The number of imidazole rings is 1. The third-order valence-corrected chi connectivity index (χ3v) is 3.14. The number of pyridine rings is 1. The van der Waals surface area contributed by atoms with Gasteiger partial charge < -0.3 is 14.5 Å². The summed E-state index contributed by atoms with van der Waals surface area (Å²) >= 11 is 0. The molecule has 2 N–H and O–H groups in total. The van der Waals surface area contributed by atoms with Crippen LogP contribution in [0.15, 0.2) is 36.5 Å². The van der Waals surface area contributed by atoms with E-state index in [0.29, 0.717) is 16.9 Å². The average molecular weight is 352 g/mol. The number of hydrogen-bond donors (Lipinski definition) is 2. The van der Waals surface area contributed by atoms with Gasteiger partial charge in [-0.25, -0.2) is 9.78 Å². The molecule has 0 bridgehead atoms. The van der Waals surface area contributed by atoms with Crippen LogP contribution in [-0.2, 0) is 10.9 Å². The molecule has 2 aromatic heterocycles. The van der Waals surface area contributed by atoms with Gasteiger partial charge in [0.1, 0.15) is 11.5 Å². The lowest BCUT2D eigenvalue weighted by molar-refractivity contribution is -0.137. The number of carbonyl (C=O) groups excluding carboxylic acids is 1. The van der Waals surface area contributed by atoms with Crippen LogP contribution in [0.5, 0.6) is 11.5 Å². The fourth-order valence-corrected chi connectivity index (χ4v) is 1.99. The number of alkyl halides is 3. The second-order valence-electron chi connectivity index (χ2n) is 4.87. The molecule has 3 aromatic rings. The highest BCUT2D eigenvalue weighted by Crippen LogP contribution is 2.31. The highest BCUT2D eigenvalue weighted by atomic mass is 19.4. The number of methoxy groups -OCH3 is 1. The van der Waals surface area contributed by atoms with E-state index in [4.69, 9.17) is 4.74 Å². The first-order valence-electron chi connectivity index (χ1n) is 6.91. The van der Waals surface area contributed by atoms with Crippen molar-refractivity contribution in [2.45, 2.75) is 6.18 Å². The Kier molecular flexibility index (Phi) is 4.17. The van der Waals surface area contributed by atoms with Gasteiger partial charge in [0.05, 0.1) is 24.4 Å². The molecule has 25 heavy (non-hydrogen) atoms. The number of ether oxygens (including phenoxy) is 2. The SMILES string of the molecule is COC(=O)Nc1nc2ncc(Oc3ccc(C(F)(F)F)cc3)cc2[nH]1. The molecule has 0 saturated heterocycles. The highest BCUT2D eigenvalue weighted by Gasteiger charge is 2.30. The van der Waals surface area contributed by atoms with Gasteiger partial charge in [0, 0.05) is 6.07 Å². The smallest absolute Gasteiger partial charge is 0.416 e. The Morgan fingerprint density at radius 1 is 1.20 bits per heavy atom. The van der Waals surface area contributed by atoms with Crippen LogP contribution in [0.2, 0.25) is 0 Å². The summed E-state index contributed by atoms with van der Waals surface area (Å²) in [7, 11) is 1.21. The molecule has 0 fully saturated rings. The third-order valence-electron chi connectivity index (χ3n) is 3.14. The number of nitrogens with zero attached hydrogens (tertiary/aromatic N) is 2. The molecule has 10 heteroatoms. The molecule has 130 valence electrons. The Balaban J connectivity index is 1.78. The van der Waals surface area contributed by atoms with E-state index in [2.05, 4.69) is 25.0 Å². The number of halogens is 3. The maximum atomic E-state index is 12.5. The molecule has 0 aliphatic rings. The molecule has 1 aromatic carbocycles. The first-order chi connectivity index (χ1) is 11.8. The van der Waals surface area contributed by atoms with E-state index in [1.165, 1.54) is 25.4 Å². The lowest BCUT2D eigenvalue weighted by atomic mass is 10.2. The summed E-state index contributed by atoms with van der Waals surface area (Å²) in [5.41, 5.74) is 0.0301. The van der Waals surface area contributed by atoms with Crippen LogP contribution in [0.4, 0.5) is 23.9 Å². The van der Waals surface area contributed by atoms with Crippen molar-refractivity contribution in [1.82, 2.24) is 15.0 Å². The molecule has 0 spiro atoms. The third kappa shape index (κ3) is 3.79. The molecule has 1 amide bonds. The Bertz CT molecular complexity index is 907. The minimum absolute atomic E-state index is 0.140. The van der Waals surface area contributed by atoms with Crippen molar-refractivity contribution < 1.29 is 27.4 Å². The predicted octanol–water partition coefficient (Wildman–Crippen LogP) is 3.95. The second-order valence-corrected chi connectivity index (χ2v) is 4.87. The highest BCUT2D eigenvalue weighted by molar-refractivity contribution is 5.85. The van der Waals surface area contributed by atoms with Crippen LogP contribution < -0.4 is 10.1 Å². The molecule has 0 saturated carbocycles. The summed E-state index contributed by atoms with van der Waals surface area (Å²) in [5.74, 6) is 0.656. The van der Waals surface area contributed by atoms with E-state index in [-0.39, 0.29) is 11.7 Å². The van der Waals surface area contributed by atoms with Crippen molar-refractivity contribution >= 4 is 23.2 Å². The minimum Gasteiger partial charge on any atom is -0.456 e.